The fourth-order valence-electron chi connectivity index (χ4n) is 3.00. The molecule has 2 aliphatic carbocycles. The van der Waals surface area contributed by atoms with Gasteiger partial charge in [0.1, 0.15) is 0 Å². The fourth-order valence-corrected chi connectivity index (χ4v) is 3.00. The molecule has 0 N–H and O–H groups in total. The first kappa shape index (κ1) is 19.0. The summed E-state index contributed by atoms with van der Waals surface area (Å²) in [5.74, 6) is 4.01. The van der Waals surface area contributed by atoms with Crippen molar-refractivity contribution in [1.82, 2.24) is 0 Å². The van der Waals surface area contributed by atoms with E-state index < -0.39 is 0 Å². The van der Waals surface area contributed by atoms with Crippen LogP contribution in [0.1, 0.15) is 99.3 Å². The van der Waals surface area contributed by atoms with Crippen LogP contribution in [0.5, 0.6) is 0 Å². The van der Waals surface area contributed by atoms with Gasteiger partial charge in [-0.3, -0.25) is 0 Å². The number of rotatable bonds is 0. The van der Waals surface area contributed by atoms with Crippen LogP contribution < -0.4 is 0 Å². The Kier molecular flexibility index (Phi) is 11.8. The lowest BCUT2D eigenvalue weighted by Gasteiger charge is -2.24. The van der Waals surface area contributed by atoms with Crippen molar-refractivity contribution in [3.63, 3.8) is 0 Å². The van der Waals surface area contributed by atoms with E-state index in [9.17, 15) is 0 Å². The van der Waals surface area contributed by atoms with Gasteiger partial charge < -0.3 is 0 Å². The summed E-state index contributed by atoms with van der Waals surface area (Å²) in [5.41, 5.74) is 0. The molecule has 0 nitrogen and oxygen atoms in total. The Labute approximate surface area is 123 Å². The van der Waals surface area contributed by atoms with E-state index >= 15 is 0 Å². The summed E-state index contributed by atoms with van der Waals surface area (Å²) in [4.78, 5) is 0. The molecule has 0 aromatic rings. The quantitative estimate of drug-likeness (QED) is 0.440. The molecule has 2 rings (SSSR count). The average molecular weight is 269 g/mol. The molecule has 4 atom stereocenters. The van der Waals surface area contributed by atoms with Crippen molar-refractivity contribution in [1.29, 1.82) is 0 Å². The summed E-state index contributed by atoms with van der Waals surface area (Å²) in [6.45, 7) is 13.8. The van der Waals surface area contributed by atoms with Gasteiger partial charge in [-0.1, -0.05) is 99.3 Å². The molecule has 0 bridgehead atoms. The lowest BCUT2D eigenvalue weighted by atomic mass is 9.82. The van der Waals surface area contributed by atoms with Crippen LogP contribution in [0.25, 0.3) is 0 Å². The largest absolute Gasteiger partial charge is 0.0656 e. The molecule has 0 amide bonds. The third-order valence-corrected chi connectivity index (χ3v) is 5.08. The summed E-state index contributed by atoms with van der Waals surface area (Å²) in [7, 11) is 0. The molecule has 0 aromatic carbocycles. The summed E-state index contributed by atoms with van der Waals surface area (Å²) >= 11 is 0. The molecule has 0 heterocycles. The van der Waals surface area contributed by atoms with Gasteiger partial charge in [0, 0.05) is 0 Å². The Bertz CT molecular complexity index is 144. The number of hydrogen-bond acceptors (Lipinski definition) is 0. The van der Waals surface area contributed by atoms with Crippen LogP contribution in [0.2, 0.25) is 0 Å². The maximum Gasteiger partial charge on any atom is -0.0417 e. The van der Waals surface area contributed by atoms with Crippen LogP contribution in [0.15, 0.2) is 0 Å². The summed E-state index contributed by atoms with van der Waals surface area (Å²) in [6, 6.07) is 0. The minimum Gasteiger partial charge on any atom is -0.0656 e. The predicted octanol–water partition coefficient (Wildman–Crippen LogP) is 7.08. The zero-order chi connectivity index (χ0) is 14.7. The molecule has 0 saturated heterocycles. The third-order valence-electron chi connectivity index (χ3n) is 5.08. The van der Waals surface area contributed by atoms with Crippen molar-refractivity contribution < 1.29 is 0 Å². The highest BCUT2D eigenvalue weighted by Crippen LogP contribution is 2.29. The first-order chi connectivity index (χ1) is 9.02. The van der Waals surface area contributed by atoms with E-state index in [1.54, 1.807) is 0 Å². The highest BCUT2D eigenvalue weighted by molar-refractivity contribution is 4.68. The lowest BCUT2D eigenvalue weighted by molar-refractivity contribution is 0.277. The van der Waals surface area contributed by atoms with E-state index in [1.165, 1.54) is 57.8 Å². The van der Waals surface area contributed by atoms with Crippen molar-refractivity contribution in [2.75, 3.05) is 0 Å². The zero-order valence-electron chi connectivity index (χ0n) is 14.7. The fraction of sp³-hybridized carbons (Fsp3) is 1.00. The summed E-state index contributed by atoms with van der Waals surface area (Å²) < 4.78 is 0. The normalized spacial score (nSPS) is 34.4. The van der Waals surface area contributed by atoms with Gasteiger partial charge in [-0.2, -0.15) is 0 Å². The molecule has 2 fully saturated rings. The molecule has 0 spiro atoms. The van der Waals surface area contributed by atoms with Crippen LogP contribution >= 0.6 is 0 Å². The Hall–Kier alpha value is 0. The van der Waals surface area contributed by atoms with E-state index in [-0.39, 0.29) is 0 Å². The Balaban J connectivity index is 0.000000284. The Morgan fingerprint density at radius 3 is 0.789 bits per heavy atom. The molecule has 19 heavy (non-hydrogen) atoms. The molecule has 0 heteroatoms. The molecule has 2 aliphatic rings. The number of hydrogen-bond donors (Lipinski definition) is 0. The standard InChI is InChI=1S/2C8H16.C3H8/c2*1-7-5-3-4-6-8(7)2;1-3-2/h2*7-8H,3-6H2,1-2H3;3H2,1-2H3. The first-order valence-electron chi connectivity index (χ1n) is 9.02. The second-order valence-corrected chi connectivity index (χ2v) is 7.19. The first-order valence-corrected chi connectivity index (χ1v) is 9.02. The third kappa shape index (κ3) is 9.52. The van der Waals surface area contributed by atoms with Crippen molar-refractivity contribution in [3.8, 4) is 0 Å². The second-order valence-electron chi connectivity index (χ2n) is 7.19. The topological polar surface area (TPSA) is 0 Å². The predicted molar refractivity (Wildman–Crippen MR) is 89.6 cm³/mol. The van der Waals surface area contributed by atoms with Gasteiger partial charge in [0.2, 0.25) is 0 Å². The van der Waals surface area contributed by atoms with Gasteiger partial charge >= 0.3 is 0 Å². The second kappa shape index (κ2) is 11.8. The van der Waals surface area contributed by atoms with Crippen molar-refractivity contribution in [2.45, 2.75) is 99.3 Å². The van der Waals surface area contributed by atoms with Crippen LogP contribution in [0.3, 0.4) is 0 Å². The SMILES string of the molecule is CC1CCCCC1C.CC1CCCCC1C.CCC. The van der Waals surface area contributed by atoms with Crippen LogP contribution in [0, 0.1) is 23.7 Å². The van der Waals surface area contributed by atoms with Crippen LogP contribution in [-0.4, -0.2) is 0 Å². The maximum absolute atomic E-state index is 2.38. The molecular weight excluding hydrogens is 228 g/mol. The van der Waals surface area contributed by atoms with Gasteiger partial charge in [0.05, 0.1) is 0 Å². The maximum atomic E-state index is 2.38. The van der Waals surface area contributed by atoms with Crippen LogP contribution in [-0.2, 0) is 0 Å². The monoisotopic (exact) mass is 268 g/mol. The molecule has 0 aliphatic heterocycles. The summed E-state index contributed by atoms with van der Waals surface area (Å²) in [5, 5.41) is 0. The van der Waals surface area contributed by atoms with E-state index in [1.807, 2.05) is 0 Å². The minimum atomic E-state index is 1.00. The zero-order valence-corrected chi connectivity index (χ0v) is 14.7. The molecular formula is C19H40. The van der Waals surface area contributed by atoms with E-state index in [0.717, 1.165) is 23.7 Å². The Morgan fingerprint density at radius 1 is 0.526 bits per heavy atom. The van der Waals surface area contributed by atoms with Gasteiger partial charge in [-0.15, -0.1) is 0 Å². The smallest absolute Gasteiger partial charge is 0.0417 e. The van der Waals surface area contributed by atoms with Crippen molar-refractivity contribution in [2.24, 2.45) is 23.7 Å². The van der Waals surface area contributed by atoms with Gasteiger partial charge in [-0.25, -0.2) is 0 Å². The molecule has 0 aromatic heterocycles. The van der Waals surface area contributed by atoms with Crippen molar-refractivity contribution in [3.05, 3.63) is 0 Å². The minimum absolute atomic E-state index is 1.00. The highest BCUT2D eigenvalue weighted by atomic mass is 14.2. The molecule has 0 radical (unpaired) electrons. The van der Waals surface area contributed by atoms with Crippen molar-refractivity contribution >= 4 is 0 Å². The van der Waals surface area contributed by atoms with E-state index in [4.69, 9.17) is 0 Å². The van der Waals surface area contributed by atoms with Gasteiger partial charge in [0.15, 0.2) is 0 Å². The highest BCUT2D eigenvalue weighted by Gasteiger charge is 2.16. The molecule has 4 unspecified atom stereocenters. The van der Waals surface area contributed by atoms with Crippen LogP contribution in [0.4, 0.5) is 0 Å². The molecule has 116 valence electrons. The summed E-state index contributed by atoms with van der Waals surface area (Å²) in [6.07, 6.45) is 13.1. The molecule has 2 saturated carbocycles. The van der Waals surface area contributed by atoms with E-state index in [0.29, 0.717) is 0 Å². The van der Waals surface area contributed by atoms with E-state index in [2.05, 4.69) is 41.5 Å². The van der Waals surface area contributed by atoms with Gasteiger partial charge in [-0.05, 0) is 23.7 Å². The average Bonchev–Trinajstić information content (AvgIpc) is 2.38. The lowest BCUT2D eigenvalue weighted by Crippen LogP contribution is -2.12. The Morgan fingerprint density at radius 2 is 0.684 bits per heavy atom. The van der Waals surface area contributed by atoms with Gasteiger partial charge in [0.25, 0.3) is 0 Å².